The van der Waals surface area contributed by atoms with Gasteiger partial charge in [-0.3, -0.25) is 24.9 Å². The first kappa shape index (κ1) is 15.0. The van der Waals surface area contributed by atoms with Crippen LogP contribution in [0, 0.1) is 0 Å². The van der Waals surface area contributed by atoms with E-state index in [2.05, 4.69) is 10.4 Å². The molecule has 0 saturated carbocycles. The van der Waals surface area contributed by atoms with E-state index in [4.69, 9.17) is 0 Å². The number of hydrogen-bond donors (Lipinski definition) is 1. The number of rotatable bonds is 4. The molecule has 0 unspecified atom stereocenters. The molecule has 2 rings (SSSR count). The Morgan fingerprint density at radius 1 is 1.43 bits per heavy atom. The van der Waals surface area contributed by atoms with Crippen LogP contribution in [0.15, 0.2) is 24.5 Å². The Bertz CT molecular complexity index is 571. The first-order valence-corrected chi connectivity index (χ1v) is 6.72. The summed E-state index contributed by atoms with van der Waals surface area (Å²) in [6.45, 7) is 5.37. The minimum Gasteiger partial charge on any atom is -0.272 e. The van der Waals surface area contributed by atoms with Crippen LogP contribution in [0.2, 0.25) is 0 Å². The van der Waals surface area contributed by atoms with E-state index in [0.29, 0.717) is 12.0 Å². The number of amides is 4. The standard InChI is InChI=1S/C14H18N4O3/c1-4-14(2,3)18-11(19)9-17(13(18)21)16-12(20)10-6-5-7-15-8-10/h5-8H,4,9H2,1-3H3,(H,16,20). The van der Waals surface area contributed by atoms with Crippen molar-refractivity contribution in [3.63, 3.8) is 0 Å². The molecule has 7 heteroatoms. The zero-order valence-corrected chi connectivity index (χ0v) is 12.3. The van der Waals surface area contributed by atoms with Gasteiger partial charge in [-0.05, 0) is 32.4 Å². The van der Waals surface area contributed by atoms with Crippen molar-refractivity contribution in [3.05, 3.63) is 30.1 Å². The molecule has 1 saturated heterocycles. The average molecular weight is 290 g/mol. The lowest BCUT2D eigenvalue weighted by molar-refractivity contribution is -0.128. The van der Waals surface area contributed by atoms with Crippen LogP contribution in [-0.4, -0.2) is 44.8 Å². The predicted molar refractivity (Wildman–Crippen MR) is 75.0 cm³/mol. The monoisotopic (exact) mass is 290 g/mol. The van der Waals surface area contributed by atoms with Crippen molar-refractivity contribution in [1.82, 2.24) is 20.3 Å². The van der Waals surface area contributed by atoms with Crippen LogP contribution in [0.1, 0.15) is 37.6 Å². The van der Waals surface area contributed by atoms with E-state index in [1.165, 1.54) is 11.1 Å². The molecule has 21 heavy (non-hydrogen) atoms. The van der Waals surface area contributed by atoms with Crippen LogP contribution in [0.3, 0.4) is 0 Å². The van der Waals surface area contributed by atoms with Crippen LogP contribution in [0.5, 0.6) is 0 Å². The van der Waals surface area contributed by atoms with E-state index < -0.39 is 17.5 Å². The highest BCUT2D eigenvalue weighted by Crippen LogP contribution is 2.24. The molecule has 1 fully saturated rings. The van der Waals surface area contributed by atoms with Crippen molar-refractivity contribution in [3.8, 4) is 0 Å². The van der Waals surface area contributed by atoms with Crippen LogP contribution < -0.4 is 5.43 Å². The Morgan fingerprint density at radius 2 is 2.14 bits per heavy atom. The topological polar surface area (TPSA) is 82.6 Å². The number of urea groups is 1. The molecule has 2 heterocycles. The first-order valence-electron chi connectivity index (χ1n) is 6.72. The Hall–Kier alpha value is -2.44. The lowest BCUT2D eigenvalue weighted by atomic mass is 10.00. The average Bonchev–Trinajstić information content (AvgIpc) is 2.74. The van der Waals surface area contributed by atoms with Crippen molar-refractivity contribution in [2.45, 2.75) is 32.7 Å². The summed E-state index contributed by atoms with van der Waals surface area (Å²) in [6, 6.07) is 2.70. The molecular weight excluding hydrogens is 272 g/mol. The van der Waals surface area contributed by atoms with Gasteiger partial charge in [0.2, 0.25) is 0 Å². The largest absolute Gasteiger partial charge is 0.346 e. The Morgan fingerprint density at radius 3 is 2.71 bits per heavy atom. The number of nitrogens with one attached hydrogen (secondary N) is 1. The van der Waals surface area contributed by atoms with E-state index >= 15 is 0 Å². The van der Waals surface area contributed by atoms with E-state index in [-0.39, 0.29) is 12.5 Å². The van der Waals surface area contributed by atoms with Crippen LogP contribution in [-0.2, 0) is 4.79 Å². The number of carbonyl (C=O) groups is 3. The second-order valence-corrected chi connectivity index (χ2v) is 5.45. The molecule has 0 aromatic carbocycles. The quantitative estimate of drug-likeness (QED) is 0.844. The van der Waals surface area contributed by atoms with E-state index in [1.54, 1.807) is 18.3 Å². The molecule has 4 amide bonds. The molecule has 0 spiro atoms. The summed E-state index contributed by atoms with van der Waals surface area (Å²) in [5.41, 5.74) is 2.19. The highest BCUT2D eigenvalue weighted by Gasteiger charge is 2.44. The molecule has 0 radical (unpaired) electrons. The molecule has 1 aliphatic heterocycles. The molecule has 7 nitrogen and oxygen atoms in total. The van der Waals surface area contributed by atoms with Gasteiger partial charge in [0.15, 0.2) is 0 Å². The van der Waals surface area contributed by atoms with Gasteiger partial charge in [0.25, 0.3) is 11.8 Å². The lowest BCUT2D eigenvalue weighted by Crippen LogP contribution is -2.50. The summed E-state index contributed by atoms with van der Waals surface area (Å²) in [6.07, 6.45) is 3.58. The summed E-state index contributed by atoms with van der Waals surface area (Å²) in [5.74, 6) is -0.793. The smallest absolute Gasteiger partial charge is 0.272 e. The van der Waals surface area contributed by atoms with Crippen molar-refractivity contribution >= 4 is 17.8 Å². The fourth-order valence-electron chi connectivity index (χ4n) is 2.03. The van der Waals surface area contributed by atoms with Crippen LogP contribution >= 0.6 is 0 Å². The third-order valence-corrected chi connectivity index (χ3v) is 3.60. The maximum atomic E-state index is 12.3. The molecule has 112 valence electrons. The summed E-state index contributed by atoms with van der Waals surface area (Å²) in [5, 5.41) is 1.04. The SMILES string of the molecule is CCC(C)(C)N1C(=O)CN(NC(=O)c2cccnc2)C1=O. The summed E-state index contributed by atoms with van der Waals surface area (Å²) in [4.78, 5) is 41.3. The molecule has 0 atom stereocenters. The van der Waals surface area contributed by atoms with Gasteiger partial charge in [0.05, 0.1) is 5.56 Å². The fraction of sp³-hybridized carbons (Fsp3) is 0.429. The van der Waals surface area contributed by atoms with Gasteiger partial charge < -0.3 is 0 Å². The maximum Gasteiger partial charge on any atom is 0.346 e. The Labute approximate surface area is 122 Å². The van der Waals surface area contributed by atoms with Gasteiger partial charge in [0.1, 0.15) is 6.54 Å². The van der Waals surface area contributed by atoms with Gasteiger partial charge in [-0.2, -0.15) is 0 Å². The van der Waals surface area contributed by atoms with Crippen molar-refractivity contribution in [2.75, 3.05) is 6.54 Å². The third-order valence-electron chi connectivity index (χ3n) is 3.60. The first-order chi connectivity index (χ1) is 9.86. The lowest BCUT2D eigenvalue weighted by Gasteiger charge is -2.32. The van der Waals surface area contributed by atoms with Crippen LogP contribution in [0.25, 0.3) is 0 Å². The second kappa shape index (κ2) is 5.51. The predicted octanol–water partition coefficient (Wildman–Crippen LogP) is 1.18. The molecule has 0 aliphatic carbocycles. The number of pyridine rings is 1. The summed E-state index contributed by atoms with van der Waals surface area (Å²) in [7, 11) is 0. The number of hydrazine groups is 1. The normalized spacial score (nSPS) is 15.6. The number of carbonyl (C=O) groups excluding carboxylic acids is 3. The molecule has 0 bridgehead atoms. The Kier molecular flexibility index (Phi) is 3.93. The maximum absolute atomic E-state index is 12.3. The number of hydrogen-bond acceptors (Lipinski definition) is 4. The fourth-order valence-corrected chi connectivity index (χ4v) is 2.03. The Balaban J connectivity index is 2.12. The van der Waals surface area contributed by atoms with Gasteiger partial charge >= 0.3 is 6.03 Å². The molecule has 1 N–H and O–H groups in total. The number of imide groups is 1. The van der Waals surface area contributed by atoms with Gasteiger partial charge in [-0.15, -0.1) is 0 Å². The van der Waals surface area contributed by atoms with Crippen molar-refractivity contribution < 1.29 is 14.4 Å². The van der Waals surface area contributed by atoms with Crippen LogP contribution in [0.4, 0.5) is 4.79 Å². The number of nitrogens with zero attached hydrogens (tertiary/aromatic N) is 3. The number of aromatic nitrogens is 1. The molecule has 1 aliphatic rings. The molecule has 1 aromatic heterocycles. The summed E-state index contributed by atoms with van der Waals surface area (Å²) >= 11 is 0. The minimum atomic E-state index is -0.581. The summed E-state index contributed by atoms with van der Waals surface area (Å²) < 4.78 is 0. The van der Waals surface area contributed by atoms with E-state index in [1.807, 2.05) is 20.8 Å². The molecule has 1 aromatic rings. The van der Waals surface area contributed by atoms with Gasteiger partial charge in [-0.1, -0.05) is 6.92 Å². The van der Waals surface area contributed by atoms with Crippen molar-refractivity contribution in [1.29, 1.82) is 0 Å². The highest BCUT2D eigenvalue weighted by atomic mass is 16.2. The highest BCUT2D eigenvalue weighted by molar-refractivity contribution is 6.04. The van der Waals surface area contributed by atoms with Gasteiger partial charge in [-0.25, -0.2) is 9.80 Å². The zero-order valence-electron chi connectivity index (χ0n) is 12.3. The van der Waals surface area contributed by atoms with E-state index in [9.17, 15) is 14.4 Å². The minimum absolute atomic E-state index is 0.158. The molecular formula is C14H18N4O3. The van der Waals surface area contributed by atoms with Crippen molar-refractivity contribution in [2.24, 2.45) is 0 Å². The zero-order chi connectivity index (χ0) is 15.6. The van der Waals surface area contributed by atoms with Gasteiger partial charge in [0, 0.05) is 17.9 Å². The third kappa shape index (κ3) is 2.86. The van der Waals surface area contributed by atoms with E-state index in [0.717, 1.165) is 5.01 Å². The second-order valence-electron chi connectivity index (χ2n) is 5.45.